The lowest BCUT2D eigenvalue weighted by Gasteiger charge is -2.14. The molecular weight excluding hydrogens is 204 g/mol. The second-order valence-corrected chi connectivity index (χ2v) is 7.57. The number of hydrogen-bond acceptors (Lipinski definition) is 2. The van der Waals surface area contributed by atoms with E-state index in [1.807, 2.05) is 20.8 Å². The van der Waals surface area contributed by atoms with Crippen LogP contribution in [0, 0.1) is 5.41 Å². The molecule has 0 aromatic rings. The van der Waals surface area contributed by atoms with Crippen molar-refractivity contribution in [3.8, 4) is 0 Å². The van der Waals surface area contributed by atoms with Crippen LogP contribution in [0.5, 0.6) is 0 Å². The maximum atomic E-state index is 10.6. The predicted octanol–water partition coefficient (Wildman–Crippen LogP) is 1.76. The van der Waals surface area contributed by atoms with Gasteiger partial charge in [-0.05, 0) is 5.41 Å². The van der Waals surface area contributed by atoms with Gasteiger partial charge in [0.2, 0.25) is 8.27 Å². The van der Waals surface area contributed by atoms with Crippen molar-refractivity contribution >= 4 is 23.1 Å². The van der Waals surface area contributed by atoms with Gasteiger partial charge < -0.3 is 0 Å². The molecule has 0 atom stereocenters. The largest absolute Gasteiger partial charge is 0.217 e. The van der Waals surface area contributed by atoms with E-state index in [-0.39, 0.29) is 11.2 Å². The zero-order valence-electron chi connectivity index (χ0n) is 5.81. The van der Waals surface area contributed by atoms with Gasteiger partial charge in [-0.2, -0.15) is 0 Å². The van der Waals surface area contributed by atoms with E-state index in [9.17, 15) is 8.42 Å². The average molecular weight is 215 g/mol. The summed E-state index contributed by atoms with van der Waals surface area (Å²) in [5, 5.41) is 0. The molecule has 56 valence electrons. The zero-order valence-corrected chi connectivity index (χ0v) is 8.21. The smallest absolute Gasteiger partial charge is 0.209 e. The molecule has 4 heteroatoms. The fraction of sp³-hybridized carbons (Fsp3) is 1.00. The second-order valence-electron chi connectivity index (χ2n) is 3.24. The van der Waals surface area contributed by atoms with Crippen LogP contribution in [0.2, 0.25) is 0 Å². The van der Waals surface area contributed by atoms with Crippen molar-refractivity contribution < 1.29 is 8.42 Å². The Morgan fingerprint density at radius 2 is 1.67 bits per heavy atom. The lowest BCUT2D eigenvalue weighted by atomic mass is 10.0. The highest BCUT2D eigenvalue weighted by Crippen LogP contribution is 2.18. The SMILES string of the molecule is CC(C)(C)CS(=O)(=O)Br. The Morgan fingerprint density at radius 1 is 1.33 bits per heavy atom. The van der Waals surface area contributed by atoms with Crippen molar-refractivity contribution in [2.75, 3.05) is 5.75 Å². The molecule has 0 amide bonds. The van der Waals surface area contributed by atoms with E-state index in [4.69, 9.17) is 0 Å². The van der Waals surface area contributed by atoms with Crippen molar-refractivity contribution in [2.24, 2.45) is 5.41 Å². The summed E-state index contributed by atoms with van der Waals surface area (Å²) in [6.45, 7) is 5.64. The molecule has 0 fully saturated rings. The van der Waals surface area contributed by atoms with Gasteiger partial charge in [0.25, 0.3) is 0 Å². The third-order valence-corrected chi connectivity index (χ3v) is 2.50. The van der Waals surface area contributed by atoms with Gasteiger partial charge in [0, 0.05) is 0 Å². The second kappa shape index (κ2) is 2.58. The van der Waals surface area contributed by atoms with Crippen molar-refractivity contribution in [3.05, 3.63) is 0 Å². The first-order valence-electron chi connectivity index (χ1n) is 2.63. The van der Waals surface area contributed by atoms with E-state index in [0.29, 0.717) is 0 Å². The molecule has 0 aliphatic heterocycles. The summed E-state index contributed by atoms with van der Waals surface area (Å²) >= 11 is 2.59. The van der Waals surface area contributed by atoms with Crippen molar-refractivity contribution in [1.29, 1.82) is 0 Å². The molecule has 0 aliphatic rings. The highest BCUT2D eigenvalue weighted by atomic mass is 79.9. The monoisotopic (exact) mass is 214 g/mol. The zero-order chi connectivity index (χ0) is 7.71. The minimum Gasteiger partial charge on any atom is -0.217 e. The molecule has 2 nitrogen and oxygen atoms in total. The molecule has 0 aromatic carbocycles. The summed E-state index contributed by atoms with van der Waals surface area (Å²) in [7, 11) is -2.97. The van der Waals surface area contributed by atoms with Crippen molar-refractivity contribution in [3.63, 3.8) is 0 Å². The van der Waals surface area contributed by atoms with Gasteiger partial charge in [0.05, 0.1) is 20.6 Å². The van der Waals surface area contributed by atoms with Crippen LogP contribution < -0.4 is 0 Å². The molecule has 9 heavy (non-hydrogen) atoms. The van der Waals surface area contributed by atoms with Gasteiger partial charge >= 0.3 is 0 Å². The highest BCUT2D eigenvalue weighted by molar-refractivity contribution is 9.47. The Morgan fingerprint density at radius 3 is 1.67 bits per heavy atom. The lowest BCUT2D eigenvalue weighted by molar-refractivity contribution is 0.466. The number of rotatable bonds is 1. The van der Waals surface area contributed by atoms with Gasteiger partial charge in [-0.1, -0.05) is 20.8 Å². The van der Waals surface area contributed by atoms with E-state index in [1.54, 1.807) is 0 Å². The Balaban J connectivity index is 4.07. The van der Waals surface area contributed by atoms with Crippen LogP contribution in [-0.4, -0.2) is 14.2 Å². The fourth-order valence-corrected chi connectivity index (χ4v) is 3.61. The van der Waals surface area contributed by atoms with Gasteiger partial charge in [0.15, 0.2) is 0 Å². The van der Waals surface area contributed by atoms with Crippen LogP contribution >= 0.6 is 14.8 Å². The van der Waals surface area contributed by atoms with Crippen LogP contribution in [0.4, 0.5) is 0 Å². The normalized spacial score (nSPS) is 13.8. The van der Waals surface area contributed by atoms with E-state index in [0.717, 1.165) is 0 Å². The van der Waals surface area contributed by atoms with Gasteiger partial charge in [-0.25, -0.2) is 8.42 Å². The maximum Gasteiger partial charge on any atom is 0.209 e. The maximum absolute atomic E-state index is 10.6. The molecule has 0 spiro atoms. The first kappa shape index (κ1) is 9.43. The van der Waals surface area contributed by atoms with E-state index < -0.39 is 8.27 Å². The Kier molecular flexibility index (Phi) is 2.70. The van der Waals surface area contributed by atoms with E-state index >= 15 is 0 Å². The minimum absolute atomic E-state index is 0.150. The third-order valence-electron chi connectivity index (χ3n) is 0.605. The Bertz CT molecular complexity index is 176. The molecule has 0 saturated heterocycles. The third kappa shape index (κ3) is 8.43. The Hall–Kier alpha value is 0.430. The summed E-state index contributed by atoms with van der Waals surface area (Å²) in [6, 6.07) is 0. The highest BCUT2D eigenvalue weighted by Gasteiger charge is 2.18. The van der Waals surface area contributed by atoms with Crippen LogP contribution in [0.3, 0.4) is 0 Å². The minimum atomic E-state index is -2.97. The van der Waals surface area contributed by atoms with Crippen LogP contribution in [0.25, 0.3) is 0 Å². The van der Waals surface area contributed by atoms with E-state index in [1.165, 1.54) is 0 Å². The first-order chi connectivity index (χ1) is 3.71. The molecule has 0 radical (unpaired) electrons. The molecule has 0 bridgehead atoms. The molecule has 0 aliphatic carbocycles. The summed E-state index contributed by atoms with van der Waals surface area (Å²) in [4.78, 5) is 0. The molecule has 0 heterocycles. The molecule has 0 aromatic heterocycles. The van der Waals surface area contributed by atoms with Gasteiger partial charge in [-0.3, -0.25) is 0 Å². The van der Waals surface area contributed by atoms with Crippen LogP contribution in [0.15, 0.2) is 0 Å². The van der Waals surface area contributed by atoms with E-state index in [2.05, 4.69) is 14.8 Å². The summed E-state index contributed by atoms with van der Waals surface area (Å²) < 4.78 is 21.1. The van der Waals surface area contributed by atoms with Crippen molar-refractivity contribution in [1.82, 2.24) is 0 Å². The van der Waals surface area contributed by atoms with Gasteiger partial charge in [0.1, 0.15) is 0 Å². The molecule has 0 saturated carbocycles. The lowest BCUT2D eigenvalue weighted by Crippen LogP contribution is -2.16. The van der Waals surface area contributed by atoms with Crippen LogP contribution in [-0.2, 0) is 8.27 Å². The van der Waals surface area contributed by atoms with Crippen molar-refractivity contribution in [2.45, 2.75) is 20.8 Å². The predicted molar refractivity (Wildman–Crippen MR) is 42.2 cm³/mol. The standard InChI is InChI=1S/C5H11BrO2S/c1-5(2,3)4-9(6,7)8/h4H2,1-3H3. The quantitative estimate of drug-likeness (QED) is 0.624. The molecule has 0 unspecified atom stereocenters. The summed E-state index contributed by atoms with van der Waals surface area (Å²) in [6.07, 6.45) is 0. The summed E-state index contributed by atoms with van der Waals surface area (Å²) in [5.74, 6) is 0.181. The Labute approximate surface area is 63.8 Å². The summed E-state index contributed by atoms with van der Waals surface area (Å²) in [5.41, 5.74) is -0.150. The average Bonchev–Trinajstić information content (AvgIpc) is 1.14. The van der Waals surface area contributed by atoms with Gasteiger partial charge in [-0.15, -0.1) is 0 Å². The topological polar surface area (TPSA) is 34.1 Å². The molecule has 0 rings (SSSR count). The molecule has 0 N–H and O–H groups in total. The number of hydrogen-bond donors (Lipinski definition) is 0. The van der Waals surface area contributed by atoms with Crippen LogP contribution in [0.1, 0.15) is 20.8 Å². The molecular formula is C5H11BrO2S. The fourth-order valence-electron chi connectivity index (χ4n) is 0.517. The first-order valence-corrected chi connectivity index (χ1v) is 6.12. The number of halogens is 1.